The number of alkyl halides is 3. The number of aliphatic carboxylic acids is 1. The fourth-order valence-electron chi connectivity index (χ4n) is 3.72. The summed E-state index contributed by atoms with van der Waals surface area (Å²) in [5, 5.41) is 20.6. The zero-order chi connectivity index (χ0) is 25.0. The summed E-state index contributed by atoms with van der Waals surface area (Å²) < 4.78 is 45.7. The van der Waals surface area contributed by atoms with Gasteiger partial charge in [0, 0.05) is 7.05 Å². The van der Waals surface area contributed by atoms with E-state index in [1.54, 1.807) is 31.3 Å². The fraction of sp³-hybridized carbons (Fsp3) is 0.200. The summed E-state index contributed by atoms with van der Waals surface area (Å²) in [5.41, 5.74) is 2.35. The van der Waals surface area contributed by atoms with E-state index in [0.717, 1.165) is 28.8 Å². The number of hydrogen-bond donors (Lipinski definition) is 1. The predicted molar refractivity (Wildman–Crippen MR) is 121 cm³/mol. The van der Waals surface area contributed by atoms with Gasteiger partial charge in [-0.25, -0.2) is 4.68 Å². The molecule has 0 bridgehead atoms. The van der Waals surface area contributed by atoms with E-state index in [1.165, 1.54) is 16.8 Å². The summed E-state index contributed by atoms with van der Waals surface area (Å²) in [5.74, 6) is -0.451. The number of halogens is 3. The molecule has 1 heterocycles. The molecule has 1 unspecified atom stereocenters. The van der Waals surface area contributed by atoms with E-state index in [4.69, 9.17) is 4.74 Å². The average molecular weight is 482 g/mol. The number of carboxylic acid groups (broad SMARTS) is 1. The highest BCUT2D eigenvalue weighted by Crippen LogP contribution is 2.31. The second kappa shape index (κ2) is 9.96. The van der Waals surface area contributed by atoms with Crippen LogP contribution in [0, 0.1) is 0 Å². The minimum absolute atomic E-state index is 0.162. The standard InChI is InChI=1S/C25H21F3N4O3/c1-32-24(29-30-31-32)22(14-23(33)34)18-7-11-21(12-8-18)35-15-16-3-2-4-19(13-16)17-5-9-20(10-6-17)25(26,27)28/h2-13,22H,14-15H2,1H3,(H,33,34). The first-order chi connectivity index (χ1) is 16.7. The van der Waals surface area contributed by atoms with Gasteiger partial charge in [0.05, 0.1) is 17.9 Å². The summed E-state index contributed by atoms with van der Waals surface area (Å²) in [6, 6.07) is 19.4. The lowest BCUT2D eigenvalue weighted by Gasteiger charge is -2.14. The van der Waals surface area contributed by atoms with Crippen molar-refractivity contribution in [3.8, 4) is 16.9 Å². The van der Waals surface area contributed by atoms with E-state index in [9.17, 15) is 23.1 Å². The van der Waals surface area contributed by atoms with Crippen LogP contribution in [-0.4, -0.2) is 31.3 Å². The number of carboxylic acids is 1. The number of benzene rings is 3. The molecular formula is C25H21F3N4O3. The number of ether oxygens (including phenoxy) is 1. The summed E-state index contributed by atoms with van der Waals surface area (Å²) in [6.45, 7) is 0.250. The first kappa shape index (κ1) is 23.9. The van der Waals surface area contributed by atoms with Crippen LogP contribution in [-0.2, 0) is 24.6 Å². The zero-order valence-electron chi connectivity index (χ0n) is 18.6. The van der Waals surface area contributed by atoms with Crippen molar-refractivity contribution in [1.82, 2.24) is 20.2 Å². The van der Waals surface area contributed by atoms with Crippen LogP contribution in [0.15, 0.2) is 72.8 Å². The van der Waals surface area contributed by atoms with E-state index in [-0.39, 0.29) is 13.0 Å². The molecule has 0 fully saturated rings. The van der Waals surface area contributed by atoms with Crippen molar-refractivity contribution in [3.05, 3.63) is 95.3 Å². The molecule has 180 valence electrons. The molecule has 1 atom stereocenters. The smallest absolute Gasteiger partial charge is 0.416 e. The Kier molecular flexibility index (Phi) is 6.81. The van der Waals surface area contributed by atoms with Crippen LogP contribution in [0.4, 0.5) is 13.2 Å². The van der Waals surface area contributed by atoms with Crippen molar-refractivity contribution in [2.75, 3.05) is 0 Å². The van der Waals surface area contributed by atoms with Gasteiger partial charge in [0.2, 0.25) is 0 Å². The van der Waals surface area contributed by atoms with Gasteiger partial charge < -0.3 is 9.84 Å². The second-order valence-electron chi connectivity index (χ2n) is 7.94. The molecular weight excluding hydrogens is 461 g/mol. The molecule has 0 spiro atoms. The first-order valence-electron chi connectivity index (χ1n) is 10.6. The van der Waals surface area contributed by atoms with Crippen LogP contribution in [0.2, 0.25) is 0 Å². The SMILES string of the molecule is Cn1nnnc1C(CC(=O)O)c1ccc(OCc2cccc(-c3ccc(C(F)(F)F)cc3)c2)cc1. The van der Waals surface area contributed by atoms with Crippen LogP contribution >= 0.6 is 0 Å². The Hall–Kier alpha value is -4.21. The van der Waals surface area contributed by atoms with E-state index in [0.29, 0.717) is 17.1 Å². The van der Waals surface area contributed by atoms with Crippen LogP contribution in [0.25, 0.3) is 11.1 Å². The maximum absolute atomic E-state index is 12.8. The molecule has 0 aliphatic rings. The molecule has 0 saturated carbocycles. The third-order valence-corrected chi connectivity index (χ3v) is 5.50. The quantitative estimate of drug-likeness (QED) is 0.377. The summed E-state index contributed by atoms with van der Waals surface area (Å²) in [6.07, 6.45) is -4.53. The molecule has 7 nitrogen and oxygen atoms in total. The average Bonchev–Trinajstić information content (AvgIpc) is 3.27. The zero-order valence-corrected chi connectivity index (χ0v) is 18.6. The molecule has 10 heteroatoms. The molecule has 4 rings (SSSR count). The fourth-order valence-corrected chi connectivity index (χ4v) is 3.72. The molecule has 0 aliphatic carbocycles. The largest absolute Gasteiger partial charge is 0.489 e. The van der Waals surface area contributed by atoms with Gasteiger partial charge in [0.15, 0.2) is 5.82 Å². The summed E-state index contributed by atoms with van der Waals surface area (Å²) in [4.78, 5) is 11.4. The molecule has 0 radical (unpaired) electrons. The lowest BCUT2D eigenvalue weighted by molar-refractivity contribution is -0.138. The number of aromatic nitrogens is 4. The highest BCUT2D eigenvalue weighted by Gasteiger charge is 2.30. The Morgan fingerprint density at radius 3 is 2.34 bits per heavy atom. The van der Waals surface area contributed by atoms with E-state index < -0.39 is 23.6 Å². The van der Waals surface area contributed by atoms with Gasteiger partial charge in [-0.1, -0.05) is 42.5 Å². The van der Waals surface area contributed by atoms with Crippen LogP contribution < -0.4 is 4.74 Å². The minimum Gasteiger partial charge on any atom is -0.489 e. The van der Waals surface area contributed by atoms with Crippen LogP contribution in [0.3, 0.4) is 0 Å². The number of nitrogens with zero attached hydrogens (tertiary/aromatic N) is 4. The number of carbonyl (C=O) groups is 1. The molecule has 0 aliphatic heterocycles. The van der Waals surface area contributed by atoms with Crippen molar-refractivity contribution in [3.63, 3.8) is 0 Å². The Balaban J connectivity index is 1.45. The Morgan fingerprint density at radius 2 is 1.74 bits per heavy atom. The highest BCUT2D eigenvalue weighted by molar-refractivity contribution is 5.68. The summed E-state index contributed by atoms with van der Waals surface area (Å²) >= 11 is 0. The molecule has 35 heavy (non-hydrogen) atoms. The number of tetrazole rings is 1. The molecule has 1 aromatic heterocycles. The van der Waals surface area contributed by atoms with E-state index in [2.05, 4.69) is 15.5 Å². The number of hydrogen-bond acceptors (Lipinski definition) is 5. The molecule has 4 aromatic rings. The van der Waals surface area contributed by atoms with Gasteiger partial charge in [-0.05, 0) is 63.0 Å². The second-order valence-corrected chi connectivity index (χ2v) is 7.94. The normalized spacial score (nSPS) is 12.3. The molecule has 1 N–H and O–H groups in total. The third kappa shape index (κ3) is 5.84. The third-order valence-electron chi connectivity index (χ3n) is 5.50. The van der Waals surface area contributed by atoms with Gasteiger partial charge in [0.25, 0.3) is 0 Å². The Morgan fingerprint density at radius 1 is 1.03 bits per heavy atom. The van der Waals surface area contributed by atoms with Crippen molar-refractivity contribution >= 4 is 5.97 Å². The lowest BCUT2D eigenvalue weighted by Crippen LogP contribution is -2.13. The van der Waals surface area contributed by atoms with Gasteiger partial charge in [-0.2, -0.15) is 13.2 Å². The minimum atomic E-state index is -4.37. The van der Waals surface area contributed by atoms with Crippen molar-refractivity contribution < 1.29 is 27.8 Å². The monoisotopic (exact) mass is 482 g/mol. The van der Waals surface area contributed by atoms with Gasteiger partial charge >= 0.3 is 12.1 Å². The van der Waals surface area contributed by atoms with Gasteiger partial charge in [-0.3, -0.25) is 4.79 Å². The molecule has 0 amide bonds. The Labute approximate surface area is 198 Å². The predicted octanol–water partition coefficient (Wildman–Crippen LogP) is 5.08. The van der Waals surface area contributed by atoms with E-state index in [1.807, 2.05) is 24.3 Å². The topological polar surface area (TPSA) is 90.1 Å². The van der Waals surface area contributed by atoms with E-state index >= 15 is 0 Å². The molecule has 3 aromatic carbocycles. The lowest BCUT2D eigenvalue weighted by atomic mass is 9.95. The van der Waals surface area contributed by atoms with Gasteiger partial charge in [-0.15, -0.1) is 5.10 Å². The first-order valence-corrected chi connectivity index (χ1v) is 10.6. The number of aryl methyl sites for hydroxylation is 1. The summed E-state index contributed by atoms with van der Waals surface area (Å²) in [7, 11) is 1.65. The van der Waals surface area contributed by atoms with Crippen molar-refractivity contribution in [2.24, 2.45) is 7.05 Å². The van der Waals surface area contributed by atoms with Crippen LogP contribution in [0.5, 0.6) is 5.75 Å². The number of rotatable bonds is 8. The maximum Gasteiger partial charge on any atom is 0.416 e. The van der Waals surface area contributed by atoms with Crippen molar-refractivity contribution in [2.45, 2.75) is 25.1 Å². The van der Waals surface area contributed by atoms with Crippen molar-refractivity contribution in [1.29, 1.82) is 0 Å². The van der Waals surface area contributed by atoms with Gasteiger partial charge in [0.1, 0.15) is 12.4 Å². The maximum atomic E-state index is 12.8. The van der Waals surface area contributed by atoms with Crippen LogP contribution in [0.1, 0.15) is 34.9 Å². The molecule has 0 saturated heterocycles. The Bertz CT molecular complexity index is 1300. The highest BCUT2D eigenvalue weighted by atomic mass is 19.4.